The second-order valence-corrected chi connectivity index (χ2v) is 5.18. The minimum Gasteiger partial charge on any atom is -0.381 e. The summed E-state index contributed by atoms with van der Waals surface area (Å²) >= 11 is 0. The van der Waals surface area contributed by atoms with Gasteiger partial charge in [-0.2, -0.15) is 0 Å². The molecule has 0 atom stereocenters. The Labute approximate surface area is 104 Å². The standard InChI is InChI=1S/C13H24N2O2/c16-13(10-12-2-8-17-9-3-12)11-15-6-1-4-14-5-7-15/h12,14H,1-11H2. The molecule has 0 saturated carbocycles. The molecule has 2 aliphatic heterocycles. The molecule has 2 aliphatic rings. The maximum absolute atomic E-state index is 12.0. The van der Waals surface area contributed by atoms with Crippen LogP contribution in [0.4, 0.5) is 0 Å². The van der Waals surface area contributed by atoms with Crippen LogP contribution in [0.1, 0.15) is 25.7 Å². The van der Waals surface area contributed by atoms with Crippen LogP contribution in [0.15, 0.2) is 0 Å². The van der Waals surface area contributed by atoms with E-state index >= 15 is 0 Å². The zero-order valence-electron chi connectivity index (χ0n) is 10.6. The minimum absolute atomic E-state index is 0.416. The van der Waals surface area contributed by atoms with Crippen molar-refractivity contribution < 1.29 is 9.53 Å². The molecular weight excluding hydrogens is 216 g/mol. The van der Waals surface area contributed by atoms with E-state index in [2.05, 4.69) is 10.2 Å². The van der Waals surface area contributed by atoms with Crippen LogP contribution in [0, 0.1) is 5.92 Å². The van der Waals surface area contributed by atoms with Crippen LogP contribution in [-0.2, 0) is 9.53 Å². The van der Waals surface area contributed by atoms with E-state index in [1.165, 1.54) is 0 Å². The van der Waals surface area contributed by atoms with Crippen molar-refractivity contribution in [1.82, 2.24) is 10.2 Å². The average Bonchev–Trinajstić information content (AvgIpc) is 2.59. The van der Waals surface area contributed by atoms with Gasteiger partial charge < -0.3 is 10.1 Å². The Morgan fingerprint density at radius 3 is 2.88 bits per heavy atom. The summed E-state index contributed by atoms with van der Waals surface area (Å²) in [6, 6.07) is 0. The van der Waals surface area contributed by atoms with Crippen LogP contribution in [0.3, 0.4) is 0 Å². The lowest BCUT2D eigenvalue weighted by molar-refractivity contribution is -0.121. The molecule has 0 aromatic heterocycles. The minimum atomic E-state index is 0.416. The number of nitrogens with zero attached hydrogens (tertiary/aromatic N) is 1. The monoisotopic (exact) mass is 240 g/mol. The molecule has 0 aliphatic carbocycles. The molecule has 1 N–H and O–H groups in total. The third-order valence-corrected chi connectivity index (χ3v) is 3.69. The van der Waals surface area contributed by atoms with Crippen LogP contribution >= 0.6 is 0 Å². The number of carbonyl (C=O) groups excluding carboxylic acids is 1. The number of carbonyl (C=O) groups is 1. The van der Waals surface area contributed by atoms with Crippen molar-refractivity contribution >= 4 is 5.78 Å². The van der Waals surface area contributed by atoms with Crippen molar-refractivity contribution in [1.29, 1.82) is 0 Å². The first-order valence-electron chi connectivity index (χ1n) is 6.87. The Kier molecular flexibility index (Phi) is 5.42. The first kappa shape index (κ1) is 13.0. The number of ketones is 1. The number of ether oxygens (including phenoxy) is 1. The second-order valence-electron chi connectivity index (χ2n) is 5.18. The highest BCUT2D eigenvalue weighted by Crippen LogP contribution is 2.18. The number of hydrogen-bond acceptors (Lipinski definition) is 4. The number of Topliss-reactive ketones (excluding diaryl/α,β-unsaturated/α-hetero) is 1. The van der Waals surface area contributed by atoms with E-state index in [-0.39, 0.29) is 0 Å². The molecule has 0 bridgehead atoms. The summed E-state index contributed by atoms with van der Waals surface area (Å²) in [6.07, 6.45) is 4.04. The van der Waals surface area contributed by atoms with Crippen molar-refractivity contribution in [3.8, 4) is 0 Å². The van der Waals surface area contributed by atoms with Gasteiger partial charge in [-0.15, -0.1) is 0 Å². The Hall–Kier alpha value is -0.450. The third kappa shape index (κ3) is 4.74. The van der Waals surface area contributed by atoms with E-state index in [1.807, 2.05) is 0 Å². The normalized spacial score (nSPS) is 24.5. The summed E-state index contributed by atoms with van der Waals surface area (Å²) < 4.78 is 5.32. The van der Waals surface area contributed by atoms with Crippen LogP contribution in [0.25, 0.3) is 0 Å². The van der Waals surface area contributed by atoms with E-state index in [0.717, 1.165) is 65.1 Å². The maximum Gasteiger partial charge on any atom is 0.147 e. The predicted octanol–water partition coefficient (Wildman–Crippen LogP) is 0.668. The molecule has 0 amide bonds. The van der Waals surface area contributed by atoms with Gasteiger partial charge in [0.05, 0.1) is 6.54 Å². The predicted molar refractivity (Wildman–Crippen MR) is 67.1 cm³/mol. The maximum atomic E-state index is 12.0. The highest BCUT2D eigenvalue weighted by molar-refractivity contribution is 5.80. The van der Waals surface area contributed by atoms with Gasteiger partial charge in [-0.1, -0.05) is 0 Å². The van der Waals surface area contributed by atoms with Crippen LogP contribution in [0.5, 0.6) is 0 Å². The summed E-state index contributed by atoms with van der Waals surface area (Å²) in [5.74, 6) is 0.986. The molecule has 2 heterocycles. The SMILES string of the molecule is O=C(CC1CCOCC1)CN1CCCNCC1. The van der Waals surface area contributed by atoms with Crippen molar-refractivity contribution in [3.63, 3.8) is 0 Å². The Balaban J connectivity index is 1.68. The van der Waals surface area contributed by atoms with Gasteiger partial charge in [0.2, 0.25) is 0 Å². The number of rotatable bonds is 4. The summed E-state index contributed by atoms with van der Waals surface area (Å²) in [4.78, 5) is 14.3. The van der Waals surface area contributed by atoms with Crippen molar-refractivity contribution in [3.05, 3.63) is 0 Å². The molecule has 0 unspecified atom stereocenters. The van der Waals surface area contributed by atoms with Gasteiger partial charge in [-0.05, 0) is 38.3 Å². The van der Waals surface area contributed by atoms with Gasteiger partial charge in [0.15, 0.2) is 0 Å². The molecule has 4 heteroatoms. The number of nitrogens with one attached hydrogen (secondary N) is 1. The van der Waals surface area contributed by atoms with Gasteiger partial charge in [-0.3, -0.25) is 9.69 Å². The highest BCUT2D eigenvalue weighted by Gasteiger charge is 2.19. The van der Waals surface area contributed by atoms with Crippen LogP contribution in [0.2, 0.25) is 0 Å². The zero-order valence-corrected chi connectivity index (χ0v) is 10.6. The molecule has 0 spiro atoms. The molecule has 98 valence electrons. The lowest BCUT2D eigenvalue weighted by Gasteiger charge is -2.23. The van der Waals surface area contributed by atoms with Crippen LogP contribution < -0.4 is 5.32 Å². The van der Waals surface area contributed by atoms with E-state index in [4.69, 9.17) is 4.74 Å². The second kappa shape index (κ2) is 7.09. The Bertz CT molecular complexity index is 232. The molecule has 4 nitrogen and oxygen atoms in total. The molecule has 0 aromatic carbocycles. The van der Waals surface area contributed by atoms with Crippen LogP contribution in [-0.4, -0.2) is 56.6 Å². The van der Waals surface area contributed by atoms with Gasteiger partial charge in [0.1, 0.15) is 5.78 Å². The van der Waals surface area contributed by atoms with E-state index < -0.39 is 0 Å². The molecule has 0 radical (unpaired) electrons. The van der Waals surface area contributed by atoms with Gasteiger partial charge >= 0.3 is 0 Å². The van der Waals surface area contributed by atoms with Gasteiger partial charge in [-0.25, -0.2) is 0 Å². The topological polar surface area (TPSA) is 41.6 Å². The summed E-state index contributed by atoms with van der Waals surface area (Å²) in [7, 11) is 0. The van der Waals surface area contributed by atoms with Gasteiger partial charge in [0, 0.05) is 32.7 Å². The summed E-state index contributed by atoms with van der Waals surface area (Å²) in [5.41, 5.74) is 0. The summed E-state index contributed by atoms with van der Waals surface area (Å²) in [6.45, 7) is 6.51. The molecule has 2 saturated heterocycles. The third-order valence-electron chi connectivity index (χ3n) is 3.69. The fourth-order valence-electron chi connectivity index (χ4n) is 2.65. The number of hydrogen-bond donors (Lipinski definition) is 1. The highest BCUT2D eigenvalue weighted by atomic mass is 16.5. The largest absolute Gasteiger partial charge is 0.381 e. The zero-order chi connectivity index (χ0) is 11.9. The molecule has 17 heavy (non-hydrogen) atoms. The van der Waals surface area contributed by atoms with Crippen molar-refractivity contribution in [2.24, 2.45) is 5.92 Å². The fraction of sp³-hybridized carbons (Fsp3) is 0.923. The van der Waals surface area contributed by atoms with Gasteiger partial charge in [0.25, 0.3) is 0 Å². The fourth-order valence-corrected chi connectivity index (χ4v) is 2.65. The molecule has 2 fully saturated rings. The average molecular weight is 240 g/mol. The Morgan fingerprint density at radius 2 is 2.06 bits per heavy atom. The molecular formula is C13H24N2O2. The Morgan fingerprint density at radius 1 is 1.24 bits per heavy atom. The molecule has 0 aromatic rings. The lowest BCUT2D eigenvalue weighted by atomic mass is 9.94. The van der Waals surface area contributed by atoms with Crippen molar-refractivity contribution in [2.75, 3.05) is 45.9 Å². The molecule has 2 rings (SSSR count). The smallest absolute Gasteiger partial charge is 0.147 e. The quantitative estimate of drug-likeness (QED) is 0.784. The van der Waals surface area contributed by atoms with Crippen molar-refractivity contribution in [2.45, 2.75) is 25.7 Å². The lowest BCUT2D eigenvalue weighted by Crippen LogP contribution is -2.34. The van der Waals surface area contributed by atoms with E-state index in [1.54, 1.807) is 0 Å². The van der Waals surface area contributed by atoms with E-state index in [0.29, 0.717) is 18.2 Å². The van der Waals surface area contributed by atoms with E-state index in [9.17, 15) is 4.79 Å². The first-order chi connectivity index (χ1) is 8.34. The first-order valence-corrected chi connectivity index (χ1v) is 6.87. The summed E-state index contributed by atoms with van der Waals surface area (Å²) in [5, 5.41) is 3.36.